The smallest absolute Gasteiger partial charge is 0.182 e. The number of nitrogens with zero attached hydrogens (tertiary/aromatic N) is 5. The highest BCUT2D eigenvalue weighted by atomic mass is 19.2. The van der Waals surface area contributed by atoms with Crippen LogP contribution in [0.4, 0.5) is 23.2 Å². The average molecular weight is 494 g/mol. The summed E-state index contributed by atoms with van der Waals surface area (Å²) in [6, 6.07) is 8.42. The van der Waals surface area contributed by atoms with Crippen LogP contribution in [0.3, 0.4) is 0 Å². The Morgan fingerprint density at radius 1 is 1.00 bits per heavy atom. The van der Waals surface area contributed by atoms with E-state index in [2.05, 4.69) is 26.7 Å². The monoisotopic (exact) mass is 493 g/mol. The molecular formula is C27H23F4N5. The van der Waals surface area contributed by atoms with E-state index in [-0.39, 0.29) is 23.4 Å². The molecule has 2 heterocycles. The van der Waals surface area contributed by atoms with E-state index in [9.17, 15) is 17.6 Å². The zero-order chi connectivity index (χ0) is 25.2. The maximum absolute atomic E-state index is 14.7. The van der Waals surface area contributed by atoms with Gasteiger partial charge in [-0.15, -0.1) is 0 Å². The number of rotatable bonds is 8. The minimum atomic E-state index is -0.914. The van der Waals surface area contributed by atoms with Crippen LogP contribution in [-0.4, -0.2) is 36.0 Å². The summed E-state index contributed by atoms with van der Waals surface area (Å²) in [4.78, 5) is 18.3. The third kappa shape index (κ3) is 4.91. The molecule has 0 N–H and O–H groups in total. The quantitative estimate of drug-likeness (QED) is 0.303. The van der Waals surface area contributed by atoms with Gasteiger partial charge in [0.1, 0.15) is 5.82 Å². The summed E-state index contributed by atoms with van der Waals surface area (Å²) in [5, 5.41) is 0. The van der Waals surface area contributed by atoms with E-state index in [1.165, 1.54) is 12.1 Å². The van der Waals surface area contributed by atoms with Gasteiger partial charge in [-0.3, -0.25) is 9.98 Å². The Labute approximate surface area is 206 Å². The van der Waals surface area contributed by atoms with E-state index in [1.54, 1.807) is 41.8 Å². The molecule has 1 saturated carbocycles. The van der Waals surface area contributed by atoms with E-state index in [0.717, 1.165) is 24.1 Å². The summed E-state index contributed by atoms with van der Waals surface area (Å²) in [5.74, 6) is -3.09. The van der Waals surface area contributed by atoms with Crippen LogP contribution in [0.15, 0.2) is 70.5 Å². The molecule has 1 saturated heterocycles. The number of aromatic nitrogens is 2. The van der Waals surface area contributed by atoms with E-state index in [0.29, 0.717) is 36.6 Å². The molecule has 184 valence electrons. The molecule has 2 atom stereocenters. The first kappa shape index (κ1) is 23.8. The van der Waals surface area contributed by atoms with Gasteiger partial charge in [-0.05, 0) is 72.0 Å². The molecule has 0 spiro atoms. The molecule has 5 rings (SSSR count). The molecule has 1 aliphatic heterocycles. The van der Waals surface area contributed by atoms with Crippen LogP contribution in [0.25, 0.3) is 0 Å². The van der Waals surface area contributed by atoms with Gasteiger partial charge in [0.15, 0.2) is 23.3 Å². The second-order valence-corrected chi connectivity index (χ2v) is 9.01. The molecule has 36 heavy (non-hydrogen) atoms. The molecule has 2 unspecified atom stereocenters. The van der Waals surface area contributed by atoms with Crippen molar-refractivity contribution in [1.82, 2.24) is 9.97 Å². The van der Waals surface area contributed by atoms with Gasteiger partial charge in [0, 0.05) is 43.8 Å². The fraction of sp³-hybridized carbons (Fsp3) is 0.259. The lowest BCUT2D eigenvalue weighted by atomic mass is 9.90. The van der Waals surface area contributed by atoms with E-state index < -0.39 is 23.3 Å². The van der Waals surface area contributed by atoms with Crippen molar-refractivity contribution in [3.63, 3.8) is 0 Å². The molecule has 2 fully saturated rings. The lowest BCUT2D eigenvalue weighted by molar-refractivity contribution is 0.471. The second kappa shape index (κ2) is 10.0. The fourth-order valence-corrected chi connectivity index (χ4v) is 4.60. The average Bonchev–Trinajstić information content (AvgIpc) is 3.64. The van der Waals surface area contributed by atoms with Crippen molar-refractivity contribution in [2.75, 3.05) is 18.0 Å². The van der Waals surface area contributed by atoms with Crippen molar-refractivity contribution >= 4 is 18.6 Å². The summed E-state index contributed by atoms with van der Waals surface area (Å²) in [5.41, 5.74) is 2.35. The Balaban J connectivity index is 1.28. The molecule has 1 aliphatic carbocycles. The van der Waals surface area contributed by atoms with Crippen molar-refractivity contribution in [2.24, 2.45) is 15.9 Å². The molecule has 1 aromatic heterocycles. The predicted octanol–water partition coefficient (Wildman–Crippen LogP) is 5.60. The highest BCUT2D eigenvalue weighted by Gasteiger charge is 2.42. The number of halogens is 4. The molecule has 2 aromatic carbocycles. The van der Waals surface area contributed by atoms with Gasteiger partial charge >= 0.3 is 0 Å². The Morgan fingerprint density at radius 2 is 1.75 bits per heavy atom. The number of benzene rings is 2. The first-order valence-corrected chi connectivity index (χ1v) is 11.5. The van der Waals surface area contributed by atoms with E-state index in [1.807, 2.05) is 0 Å². The minimum absolute atomic E-state index is 0.00505. The first-order chi connectivity index (χ1) is 17.4. The molecule has 5 nitrogen and oxygen atoms in total. The number of aliphatic imine (C=N–C) groups is 2. The predicted molar refractivity (Wildman–Crippen MR) is 130 cm³/mol. The highest BCUT2D eigenvalue weighted by molar-refractivity contribution is 5.80. The van der Waals surface area contributed by atoms with Crippen LogP contribution < -0.4 is 4.90 Å². The number of anilines is 1. The van der Waals surface area contributed by atoms with Gasteiger partial charge in [0.05, 0.1) is 12.2 Å². The van der Waals surface area contributed by atoms with Gasteiger partial charge in [-0.1, -0.05) is 6.07 Å². The number of hydrogen-bond donors (Lipinski definition) is 0. The number of hydrogen-bond acceptors (Lipinski definition) is 5. The molecule has 0 bridgehead atoms. The van der Waals surface area contributed by atoms with Crippen molar-refractivity contribution in [3.05, 3.63) is 101 Å². The van der Waals surface area contributed by atoms with Crippen LogP contribution in [0.1, 0.15) is 35.2 Å². The van der Waals surface area contributed by atoms with Gasteiger partial charge in [0.25, 0.3) is 0 Å². The lowest BCUT2D eigenvalue weighted by Crippen LogP contribution is -2.45. The van der Waals surface area contributed by atoms with Gasteiger partial charge in [-0.2, -0.15) is 0 Å². The molecule has 0 amide bonds. The van der Waals surface area contributed by atoms with Crippen molar-refractivity contribution in [3.8, 4) is 0 Å². The Hall–Kier alpha value is -3.88. The third-order valence-electron chi connectivity index (χ3n) is 6.65. The fourth-order valence-electron chi connectivity index (χ4n) is 4.60. The van der Waals surface area contributed by atoms with Gasteiger partial charge in [0.2, 0.25) is 0 Å². The standard InChI is InChI=1S/C27H23F4N5/c1-32-11-18(12-33-13-26-34-5-2-6-35-26)21-10-20(21)17-8-24(30)27(31)25(9-17)36-14-19(15-36)16-3-4-22(28)23(29)7-16/h2-9,11-12,19-21H,1,10,13-15H2/b18-11+,33-12?. The lowest BCUT2D eigenvalue weighted by Gasteiger charge is -2.41. The van der Waals surface area contributed by atoms with E-state index in [4.69, 9.17) is 0 Å². The molecule has 9 heteroatoms. The van der Waals surface area contributed by atoms with Crippen LogP contribution >= 0.6 is 0 Å². The molecule has 2 aliphatic rings. The molecule has 3 aromatic rings. The van der Waals surface area contributed by atoms with Crippen LogP contribution in [0.2, 0.25) is 0 Å². The van der Waals surface area contributed by atoms with Gasteiger partial charge in [-0.25, -0.2) is 27.5 Å². The topological polar surface area (TPSA) is 53.7 Å². The largest absolute Gasteiger partial charge is 0.368 e. The van der Waals surface area contributed by atoms with Crippen LogP contribution in [-0.2, 0) is 6.54 Å². The maximum Gasteiger partial charge on any atom is 0.182 e. The normalized spacial score (nSPS) is 20.0. The highest BCUT2D eigenvalue weighted by Crippen LogP contribution is 2.52. The van der Waals surface area contributed by atoms with Crippen molar-refractivity contribution < 1.29 is 17.6 Å². The second-order valence-electron chi connectivity index (χ2n) is 9.01. The third-order valence-corrected chi connectivity index (χ3v) is 6.65. The van der Waals surface area contributed by atoms with Crippen LogP contribution in [0, 0.1) is 29.2 Å². The summed E-state index contributed by atoms with van der Waals surface area (Å²) < 4.78 is 56.1. The van der Waals surface area contributed by atoms with Gasteiger partial charge < -0.3 is 4.90 Å². The molecule has 0 radical (unpaired) electrons. The maximum atomic E-state index is 14.7. The summed E-state index contributed by atoms with van der Waals surface area (Å²) in [7, 11) is 0. The minimum Gasteiger partial charge on any atom is -0.368 e. The Morgan fingerprint density at radius 3 is 2.47 bits per heavy atom. The Bertz CT molecular complexity index is 1340. The summed E-state index contributed by atoms with van der Waals surface area (Å²) >= 11 is 0. The SMILES string of the molecule is C=N/C=C(\C=NCc1ncccn1)C1CC1c1cc(F)c(F)c(N2CC(c3ccc(F)c(F)c3)C2)c1. The van der Waals surface area contributed by atoms with Crippen molar-refractivity contribution in [1.29, 1.82) is 0 Å². The molecular weight excluding hydrogens is 470 g/mol. The van der Waals surface area contributed by atoms with E-state index >= 15 is 0 Å². The summed E-state index contributed by atoms with van der Waals surface area (Å²) in [6.45, 7) is 4.62. The Kier molecular flexibility index (Phi) is 6.63. The first-order valence-electron chi connectivity index (χ1n) is 11.5. The van der Waals surface area contributed by atoms with Crippen LogP contribution in [0.5, 0.6) is 0 Å². The zero-order valence-electron chi connectivity index (χ0n) is 19.3. The van der Waals surface area contributed by atoms with Crippen molar-refractivity contribution in [2.45, 2.75) is 24.8 Å². The number of allylic oxidation sites excluding steroid dienone is 1. The summed E-state index contributed by atoms with van der Waals surface area (Å²) in [6.07, 6.45) is 7.38. The zero-order valence-corrected chi connectivity index (χ0v) is 19.3.